The largest absolute Gasteiger partial charge is 0.507 e. The Morgan fingerprint density at radius 2 is 1.71 bits per heavy atom. The van der Waals surface area contributed by atoms with Gasteiger partial charge in [0.05, 0.1) is 5.56 Å². The van der Waals surface area contributed by atoms with Gasteiger partial charge in [-0.05, 0) is 43.2 Å². The molecule has 0 aromatic heterocycles. The van der Waals surface area contributed by atoms with Crippen molar-refractivity contribution >= 4 is 11.7 Å². The number of Topliss-reactive ketones (excluding diaryl/α,β-unsaturated/α-hetero) is 1. The van der Waals surface area contributed by atoms with Gasteiger partial charge >= 0.3 is 0 Å². The smallest absolute Gasteiger partial charge is 0.253 e. The second-order valence-electron chi connectivity index (χ2n) is 5.96. The molecule has 3 rings (SSSR count). The molecule has 1 N–H and O–H groups in total. The zero-order valence-electron chi connectivity index (χ0n) is 13.1. The van der Waals surface area contributed by atoms with E-state index in [2.05, 4.69) is 0 Å². The average Bonchev–Trinajstić information content (AvgIpc) is 2.63. The Morgan fingerprint density at radius 1 is 1.04 bits per heavy atom. The number of halogens is 1. The highest BCUT2D eigenvalue weighted by molar-refractivity contribution is 6.00. The molecule has 1 aliphatic rings. The summed E-state index contributed by atoms with van der Waals surface area (Å²) in [6, 6.07) is 12.4. The van der Waals surface area contributed by atoms with E-state index in [0.29, 0.717) is 31.5 Å². The molecule has 5 heteroatoms. The second-order valence-corrected chi connectivity index (χ2v) is 5.96. The molecule has 0 bridgehead atoms. The third-order valence-electron chi connectivity index (χ3n) is 4.40. The average molecular weight is 327 g/mol. The topological polar surface area (TPSA) is 57.6 Å². The van der Waals surface area contributed by atoms with Gasteiger partial charge in [-0.25, -0.2) is 4.39 Å². The van der Waals surface area contributed by atoms with Crippen molar-refractivity contribution in [2.75, 3.05) is 13.1 Å². The number of nitrogens with zero attached hydrogens (tertiary/aromatic N) is 1. The first-order valence-corrected chi connectivity index (χ1v) is 7.93. The molecular formula is C19H18FNO3. The highest BCUT2D eigenvalue weighted by Crippen LogP contribution is 2.27. The van der Waals surface area contributed by atoms with Crippen LogP contribution in [0.15, 0.2) is 48.5 Å². The van der Waals surface area contributed by atoms with Crippen molar-refractivity contribution in [3.8, 4) is 5.75 Å². The first-order chi connectivity index (χ1) is 11.6. The minimum Gasteiger partial charge on any atom is -0.507 e. The number of rotatable bonds is 3. The number of piperidine rings is 1. The predicted octanol–water partition coefficient (Wildman–Crippen LogP) is 3.27. The van der Waals surface area contributed by atoms with Crippen molar-refractivity contribution in [1.82, 2.24) is 4.90 Å². The van der Waals surface area contributed by atoms with Crippen LogP contribution in [0.1, 0.15) is 33.6 Å². The Labute approximate surface area is 139 Å². The number of likely N-dealkylation sites (tertiary alicyclic amines) is 1. The monoisotopic (exact) mass is 327 g/mol. The van der Waals surface area contributed by atoms with E-state index in [0.717, 1.165) is 12.1 Å². The maximum Gasteiger partial charge on any atom is 0.253 e. The van der Waals surface area contributed by atoms with Crippen LogP contribution in [0.25, 0.3) is 0 Å². The number of phenolic OH excluding ortho intramolecular Hbond substituents is 1. The molecular weight excluding hydrogens is 309 g/mol. The number of ketones is 1. The first-order valence-electron chi connectivity index (χ1n) is 7.93. The molecule has 4 nitrogen and oxygen atoms in total. The van der Waals surface area contributed by atoms with Gasteiger partial charge in [-0.1, -0.05) is 18.2 Å². The number of hydrogen-bond donors (Lipinski definition) is 1. The van der Waals surface area contributed by atoms with E-state index in [1.807, 2.05) is 18.2 Å². The van der Waals surface area contributed by atoms with Crippen LogP contribution in [0.5, 0.6) is 5.75 Å². The zero-order valence-corrected chi connectivity index (χ0v) is 13.1. The van der Waals surface area contributed by atoms with Crippen molar-refractivity contribution < 1.29 is 19.1 Å². The van der Waals surface area contributed by atoms with Gasteiger partial charge < -0.3 is 10.0 Å². The molecule has 1 amide bonds. The number of phenols is 1. The summed E-state index contributed by atoms with van der Waals surface area (Å²) < 4.78 is 13.3. The molecule has 0 unspecified atom stereocenters. The fourth-order valence-corrected chi connectivity index (χ4v) is 3.03. The summed E-state index contributed by atoms with van der Waals surface area (Å²) in [4.78, 5) is 26.6. The molecule has 24 heavy (non-hydrogen) atoms. The zero-order chi connectivity index (χ0) is 17.1. The lowest BCUT2D eigenvalue weighted by Gasteiger charge is -2.31. The summed E-state index contributed by atoms with van der Waals surface area (Å²) in [7, 11) is 0. The summed E-state index contributed by atoms with van der Waals surface area (Å²) in [5.41, 5.74) is 0.646. The second kappa shape index (κ2) is 6.83. The van der Waals surface area contributed by atoms with Gasteiger partial charge in [0.2, 0.25) is 0 Å². The maximum absolute atomic E-state index is 13.3. The number of aromatic hydroxyl groups is 1. The lowest BCUT2D eigenvalue weighted by molar-refractivity contribution is 0.0649. The molecule has 1 fully saturated rings. The van der Waals surface area contributed by atoms with Gasteiger partial charge in [-0.15, -0.1) is 0 Å². The van der Waals surface area contributed by atoms with Crippen LogP contribution < -0.4 is 0 Å². The fraction of sp³-hybridized carbons (Fsp3) is 0.263. The van der Waals surface area contributed by atoms with Gasteiger partial charge in [0.15, 0.2) is 5.78 Å². The number of carbonyl (C=O) groups excluding carboxylic acids is 2. The van der Waals surface area contributed by atoms with E-state index in [1.165, 1.54) is 6.07 Å². The molecule has 1 aliphatic heterocycles. The van der Waals surface area contributed by atoms with E-state index in [-0.39, 0.29) is 28.9 Å². The lowest BCUT2D eigenvalue weighted by Crippen LogP contribution is -2.40. The summed E-state index contributed by atoms with van der Waals surface area (Å²) in [6.45, 7) is 0.945. The van der Waals surface area contributed by atoms with Crippen LogP contribution in [0, 0.1) is 11.7 Å². The van der Waals surface area contributed by atoms with Crippen LogP contribution >= 0.6 is 0 Å². The Balaban J connectivity index is 1.66. The van der Waals surface area contributed by atoms with E-state index in [1.54, 1.807) is 17.0 Å². The molecule has 0 atom stereocenters. The van der Waals surface area contributed by atoms with Crippen LogP contribution in [0.4, 0.5) is 4.39 Å². The lowest BCUT2D eigenvalue weighted by atomic mass is 9.88. The van der Waals surface area contributed by atoms with E-state index in [4.69, 9.17) is 0 Å². The number of amides is 1. The van der Waals surface area contributed by atoms with Crippen LogP contribution in [-0.2, 0) is 0 Å². The molecule has 2 aromatic carbocycles. The standard InChI is InChI=1S/C19H18FNO3/c20-15-6-7-17(22)16(12-15)18(23)13-8-10-21(11-9-13)19(24)14-4-2-1-3-5-14/h1-7,12-13,22H,8-11H2. The normalized spacial score (nSPS) is 15.3. The Kier molecular flexibility index (Phi) is 4.60. The van der Waals surface area contributed by atoms with E-state index < -0.39 is 5.82 Å². The third kappa shape index (κ3) is 3.30. The predicted molar refractivity (Wildman–Crippen MR) is 87.5 cm³/mol. The molecule has 0 spiro atoms. The molecule has 124 valence electrons. The van der Waals surface area contributed by atoms with Gasteiger partial charge in [-0.3, -0.25) is 9.59 Å². The van der Waals surface area contributed by atoms with Crippen LogP contribution in [-0.4, -0.2) is 34.8 Å². The van der Waals surface area contributed by atoms with Gasteiger partial charge in [0, 0.05) is 24.6 Å². The SMILES string of the molecule is O=C(c1cc(F)ccc1O)C1CCN(C(=O)c2ccccc2)CC1. The number of benzene rings is 2. The molecule has 2 aromatic rings. The maximum atomic E-state index is 13.3. The summed E-state index contributed by atoms with van der Waals surface area (Å²) in [6.07, 6.45) is 1.01. The van der Waals surface area contributed by atoms with Gasteiger partial charge in [0.25, 0.3) is 5.91 Å². The van der Waals surface area contributed by atoms with Crippen molar-refractivity contribution in [2.24, 2.45) is 5.92 Å². The van der Waals surface area contributed by atoms with Gasteiger partial charge in [-0.2, -0.15) is 0 Å². The first kappa shape index (κ1) is 16.2. The van der Waals surface area contributed by atoms with E-state index >= 15 is 0 Å². The molecule has 1 saturated heterocycles. The quantitative estimate of drug-likeness (QED) is 0.880. The van der Waals surface area contributed by atoms with E-state index in [9.17, 15) is 19.1 Å². The van der Waals surface area contributed by atoms with Crippen molar-refractivity contribution in [1.29, 1.82) is 0 Å². The summed E-state index contributed by atoms with van der Waals surface area (Å²) in [5.74, 6) is -1.37. The summed E-state index contributed by atoms with van der Waals surface area (Å²) >= 11 is 0. The van der Waals surface area contributed by atoms with Gasteiger partial charge in [0.1, 0.15) is 11.6 Å². The molecule has 0 aliphatic carbocycles. The Bertz CT molecular complexity index is 752. The molecule has 1 heterocycles. The van der Waals surface area contributed by atoms with Crippen molar-refractivity contribution in [3.05, 3.63) is 65.5 Å². The van der Waals surface area contributed by atoms with Crippen molar-refractivity contribution in [3.63, 3.8) is 0 Å². The number of hydrogen-bond acceptors (Lipinski definition) is 3. The minimum atomic E-state index is -0.548. The molecule has 0 radical (unpaired) electrons. The minimum absolute atomic E-state index is 0.0165. The highest BCUT2D eigenvalue weighted by Gasteiger charge is 2.29. The van der Waals surface area contributed by atoms with Crippen LogP contribution in [0.3, 0.4) is 0 Å². The Morgan fingerprint density at radius 3 is 2.38 bits per heavy atom. The van der Waals surface area contributed by atoms with Crippen LogP contribution in [0.2, 0.25) is 0 Å². The summed E-state index contributed by atoms with van der Waals surface area (Å²) in [5, 5.41) is 9.77. The van der Waals surface area contributed by atoms with Crippen molar-refractivity contribution in [2.45, 2.75) is 12.8 Å². The fourth-order valence-electron chi connectivity index (χ4n) is 3.03. The highest BCUT2D eigenvalue weighted by atomic mass is 19.1. The molecule has 0 saturated carbocycles. The number of carbonyl (C=O) groups is 2. The third-order valence-corrected chi connectivity index (χ3v) is 4.40. The Hall–Kier alpha value is -2.69.